The molecule has 3 N–H and O–H groups in total. The molecule has 5 nitrogen and oxygen atoms in total. The number of rotatable bonds is 18. The number of carboxylic acids is 2. The minimum Gasteiger partial charge on any atom is -0.550 e. The van der Waals surface area contributed by atoms with Gasteiger partial charge in [0.05, 0.1) is 0 Å². The predicted octanol–water partition coefficient (Wildman–Crippen LogP) is 2.42. The van der Waals surface area contributed by atoms with Crippen LogP contribution in [-0.2, 0) is 16.0 Å². The number of benzene rings is 1. The first-order valence-corrected chi connectivity index (χ1v) is 12.3. The van der Waals surface area contributed by atoms with E-state index in [9.17, 15) is 14.7 Å². The number of carboxylic acid groups (broad SMARTS) is 2. The number of aliphatic carboxylic acids is 2. The number of hydrogen-bond acceptors (Lipinski definition) is 4. The average molecular weight is 470 g/mol. The normalized spacial score (nSPS) is 11.3. The number of hydrogen-bond donors (Lipinski definition) is 2. The molecule has 0 aliphatic heterocycles. The van der Waals surface area contributed by atoms with Crippen LogP contribution in [0.5, 0.6) is 0 Å². The van der Waals surface area contributed by atoms with Crippen molar-refractivity contribution >= 4 is 11.9 Å². The molecule has 1 atom stereocenters. The van der Waals surface area contributed by atoms with E-state index in [0.717, 1.165) is 24.8 Å². The van der Waals surface area contributed by atoms with Crippen LogP contribution in [0.15, 0.2) is 42.5 Å². The molecule has 0 amide bonds. The van der Waals surface area contributed by atoms with Crippen molar-refractivity contribution in [3.8, 4) is 0 Å². The predicted molar refractivity (Wildman–Crippen MR) is 130 cm³/mol. The smallest absolute Gasteiger partial charge is 0.550 e. The van der Waals surface area contributed by atoms with Gasteiger partial charge >= 0.3 is 35.5 Å². The number of allylic oxidation sites excluding steroid dienone is 2. The molecule has 0 fully saturated rings. The van der Waals surface area contributed by atoms with Crippen LogP contribution in [0.25, 0.3) is 0 Å². The quantitative estimate of drug-likeness (QED) is 0.195. The van der Waals surface area contributed by atoms with E-state index in [1.54, 1.807) is 0 Å². The summed E-state index contributed by atoms with van der Waals surface area (Å²) in [7, 11) is 0. The third-order valence-electron chi connectivity index (χ3n) is 5.26. The number of unbranched alkanes of at least 4 members (excludes halogenated alkanes) is 11. The van der Waals surface area contributed by atoms with E-state index in [2.05, 4.69) is 19.1 Å². The SMILES string of the molecule is CCCCCCCC/C=C\CCCCCCCC(=O)[O-].NC(Cc1ccccc1)C(=O)O.[Na+]. The zero-order valence-corrected chi connectivity index (χ0v) is 23.0. The maximum Gasteiger partial charge on any atom is 1.00 e. The molecule has 0 radical (unpaired) electrons. The maximum atomic E-state index is 10.4. The molecule has 0 heterocycles. The minimum absolute atomic E-state index is 0. The Kier molecular flexibility index (Phi) is 26.3. The van der Waals surface area contributed by atoms with E-state index in [-0.39, 0.29) is 36.0 Å². The summed E-state index contributed by atoms with van der Waals surface area (Å²) < 4.78 is 0. The third kappa shape index (κ3) is 25.3. The summed E-state index contributed by atoms with van der Waals surface area (Å²) in [4.78, 5) is 20.6. The van der Waals surface area contributed by atoms with Crippen LogP contribution in [0.2, 0.25) is 0 Å². The van der Waals surface area contributed by atoms with E-state index in [1.807, 2.05) is 30.3 Å². The fraction of sp³-hybridized carbons (Fsp3) is 0.630. The van der Waals surface area contributed by atoms with Crippen LogP contribution >= 0.6 is 0 Å². The molecule has 0 saturated heterocycles. The van der Waals surface area contributed by atoms with Crippen LogP contribution in [0.3, 0.4) is 0 Å². The molecule has 0 bridgehead atoms. The van der Waals surface area contributed by atoms with Gasteiger partial charge in [0, 0.05) is 5.97 Å². The molecule has 6 heteroatoms. The molecule has 0 spiro atoms. The Bertz CT molecular complexity index is 607. The van der Waals surface area contributed by atoms with Gasteiger partial charge in [-0.15, -0.1) is 0 Å². The van der Waals surface area contributed by atoms with Crippen molar-refractivity contribution in [1.82, 2.24) is 0 Å². The van der Waals surface area contributed by atoms with Crippen LogP contribution in [0, 0.1) is 0 Å². The van der Waals surface area contributed by atoms with Crippen molar-refractivity contribution in [2.24, 2.45) is 5.73 Å². The molecule has 1 aromatic carbocycles. The van der Waals surface area contributed by atoms with Gasteiger partial charge in [0.15, 0.2) is 0 Å². The van der Waals surface area contributed by atoms with Crippen molar-refractivity contribution < 1.29 is 49.4 Å². The van der Waals surface area contributed by atoms with Gasteiger partial charge in [0.2, 0.25) is 0 Å². The molecule has 182 valence electrons. The van der Waals surface area contributed by atoms with Gasteiger partial charge in [-0.3, -0.25) is 4.79 Å². The molecule has 0 aliphatic carbocycles. The van der Waals surface area contributed by atoms with E-state index in [0.29, 0.717) is 6.42 Å². The second-order valence-corrected chi connectivity index (χ2v) is 8.34. The standard InChI is InChI=1S/C18H34O2.C9H11NO2.Na/c1-2-3-4-5-6-7-8-9-10-11-12-13-14-15-16-17-18(19)20;10-8(9(11)12)6-7-4-2-1-3-5-7;/h9-10H,2-8,11-17H2,1H3,(H,19,20);1-5,8H,6,10H2,(H,11,12);/q;;+1/p-1/b10-9-;;. The Morgan fingerprint density at radius 2 is 1.36 bits per heavy atom. The molecule has 1 unspecified atom stereocenters. The molecule has 0 saturated carbocycles. The molecular formula is C27H44NNaO4. The van der Waals surface area contributed by atoms with Gasteiger partial charge in [0.1, 0.15) is 6.04 Å². The van der Waals surface area contributed by atoms with E-state index >= 15 is 0 Å². The van der Waals surface area contributed by atoms with Crippen molar-refractivity contribution in [2.75, 3.05) is 0 Å². The summed E-state index contributed by atoms with van der Waals surface area (Å²) in [5, 5.41) is 18.7. The summed E-state index contributed by atoms with van der Waals surface area (Å²) in [5.41, 5.74) is 6.30. The molecule has 1 aromatic rings. The zero-order chi connectivity index (χ0) is 23.9. The molecule has 0 aliphatic rings. The summed E-state index contributed by atoms with van der Waals surface area (Å²) in [6.45, 7) is 2.26. The molecule has 0 aromatic heterocycles. The van der Waals surface area contributed by atoms with E-state index in [4.69, 9.17) is 10.8 Å². The minimum atomic E-state index is -0.959. The number of nitrogens with two attached hydrogens (primary N) is 1. The van der Waals surface area contributed by atoms with Gasteiger partial charge in [0.25, 0.3) is 0 Å². The second-order valence-electron chi connectivity index (χ2n) is 8.34. The maximum absolute atomic E-state index is 10.4. The largest absolute Gasteiger partial charge is 1.00 e. The Morgan fingerprint density at radius 1 is 0.879 bits per heavy atom. The van der Waals surface area contributed by atoms with Crippen molar-refractivity contribution in [1.29, 1.82) is 0 Å². The number of carbonyl (C=O) groups is 2. The third-order valence-corrected chi connectivity index (χ3v) is 5.26. The van der Waals surface area contributed by atoms with Crippen molar-refractivity contribution in [3.05, 3.63) is 48.0 Å². The molecule has 33 heavy (non-hydrogen) atoms. The Morgan fingerprint density at radius 3 is 1.85 bits per heavy atom. The summed E-state index contributed by atoms with van der Waals surface area (Å²) in [6.07, 6.45) is 21.3. The van der Waals surface area contributed by atoms with E-state index < -0.39 is 18.0 Å². The van der Waals surface area contributed by atoms with Gasteiger partial charge in [-0.2, -0.15) is 0 Å². The van der Waals surface area contributed by atoms with Gasteiger partial charge in [-0.25, -0.2) is 0 Å². The number of carbonyl (C=O) groups excluding carboxylic acids is 1. The van der Waals surface area contributed by atoms with E-state index in [1.165, 1.54) is 64.2 Å². The summed E-state index contributed by atoms with van der Waals surface area (Å²) in [5.74, 6) is -1.87. The fourth-order valence-electron chi connectivity index (χ4n) is 3.30. The van der Waals surface area contributed by atoms with Crippen LogP contribution in [-0.4, -0.2) is 23.1 Å². The zero-order valence-electron chi connectivity index (χ0n) is 21.0. The first kappa shape index (κ1) is 34.0. The first-order valence-electron chi connectivity index (χ1n) is 12.3. The molecule has 1 rings (SSSR count). The average Bonchev–Trinajstić information content (AvgIpc) is 2.77. The van der Waals surface area contributed by atoms with Gasteiger partial charge in [-0.05, 0) is 50.5 Å². The summed E-state index contributed by atoms with van der Waals surface area (Å²) in [6, 6.07) is 8.54. The second kappa shape index (κ2) is 25.5. The topological polar surface area (TPSA) is 103 Å². The van der Waals surface area contributed by atoms with Crippen molar-refractivity contribution in [3.63, 3.8) is 0 Å². The monoisotopic (exact) mass is 469 g/mol. The Labute approximate surface area is 223 Å². The Hall–Kier alpha value is -1.14. The van der Waals surface area contributed by atoms with Gasteiger partial charge in [-0.1, -0.05) is 101 Å². The van der Waals surface area contributed by atoms with Crippen LogP contribution in [0.4, 0.5) is 0 Å². The van der Waals surface area contributed by atoms with Gasteiger partial charge < -0.3 is 20.7 Å². The van der Waals surface area contributed by atoms with Crippen molar-refractivity contribution in [2.45, 2.75) is 109 Å². The van der Waals surface area contributed by atoms with Crippen LogP contribution in [0.1, 0.15) is 102 Å². The van der Waals surface area contributed by atoms with Crippen LogP contribution < -0.4 is 40.4 Å². The summed E-state index contributed by atoms with van der Waals surface area (Å²) >= 11 is 0. The Balaban J connectivity index is 0. The molecular weight excluding hydrogens is 425 g/mol. The first-order chi connectivity index (χ1) is 15.5. The fourth-order valence-corrected chi connectivity index (χ4v) is 3.30.